The number of methoxy groups -OCH3 is 1. The van der Waals surface area contributed by atoms with Gasteiger partial charge in [0.15, 0.2) is 0 Å². The fourth-order valence-electron chi connectivity index (χ4n) is 3.46. The van der Waals surface area contributed by atoms with E-state index in [1.807, 2.05) is 48.5 Å². The lowest BCUT2D eigenvalue weighted by Gasteiger charge is -2.07. The van der Waals surface area contributed by atoms with Crippen LogP contribution >= 0.6 is 0 Å². The smallest absolute Gasteiger partial charge is 0.241 e. The van der Waals surface area contributed by atoms with Crippen LogP contribution in [0.25, 0.3) is 21.8 Å². The van der Waals surface area contributed by atoms with E-state index in [9.17, 15) is 4.79 Å². The zero-order valence-corrected chi connectivity index (χ0v) is 15.6. The van der Waals surface area contributed by atoms with Gasteiger partial charge in [0.05, 0.1) is 13.3 Å². The third-order valence-electron chi connectivity index (χ3n) is 4.77. The summed E-state index contributed by atoms with van der Waals surface area (Å²) in [6.45, 7) is 0.587. The monoisotopic (exact) mass is 371 g/mol. The molecule has 5 heteroatoms. The van der Waals surface area contributed by atoms with Gasteiger partial charge in [0, 0.05) is 40.3 Å². The first-order valence-electron chi connectivity index (χ1n) is 9.19. The molecule has 1 N–H and O–H groups in total. The first kappa shape index (κ1) is 17.8. The van der Waals surface area contributed by atoms with Crippen LogP contribution in [-0.4, -0.2) is 23.8 Å². The van der Waals surface area contributed by atoms with Gasteiger partial charge in [-0.1, -0.05) is 48.5 Å². The Morgan fingerprint density at radius 2 is 1.57 bits per heavy atom. The van der Waals surface area contributed by atoms with E-state index >= 15 is 0 Å². The van der Waals surface area contributed by atoms with Crippen LogP contribution in [0.2, 0.25) is 0 Å². The predicted molar refractivity (Wildman–Crippen MR) is 113 cm³/mol. The van der Waals surface area contributed by atoms with Crippen LogP contribution in [0.15, 0.2) is 77.9 Å². The highest BCUT2D eigenvalue weighted by Gasteiger charge is 2.10. The van der Waals surface area contributed by atoms with Gasteiger partial charge in [-0.3, -0.25) is 4.79 Å². The fourth-order valence-corrected chi connectivity index (χ4v) is 3.46. The number of nitrogens with one attached hydrogen (secondary N) is 1. The predicted octanol–water partition coefficient (Wildman–Crippen LogP) is 4.34. The van der Waals surface area contributed by atoms with Gasteiger partial charge in [-0.25, -0.2) is 5.43 Å². The Labute approximate surface area is 163 Å². The normalized spacial score (nSPS) is 11.3. The molecule has 1 aromatic heterocycles. The standard InChI is InChI=1S/C23H21N3O2/c1-28-22-13-7-2-8-17(22)16-24-25-23(27)14-15-26-20-11-5-3-9-18(20)19-10-4-6-12-21(19)26/h2-13,16H,14-15H2,1H3,(H,25,27)/b24-16-. The zero-order chi connectivity index (χ0) is 19.3. The molecule has 3 aromatic carbocycles. The van der Waals surface area contributed by atoms with Crippen molar-refractivity contribution in [1.29, 1.82) is 0 Å². The van der Waals surface area contributed by atoms with Crippen LogP contribution in [-0.2, 0) is 11.3 Å². The number of amides is 1. The Hall–Kier alpha value is -3.60. The van der Waals surface area contributed by atoms with E-state index in [1.165, 1.54) is 10.8 Å². The van der Waals surface area contributed by atoms with Crippen molar-refractivity contribution in [3.05, 3.63) is 78.4 Å². The fraction of sp³-hybridized carbons (Fsp3) is 0.130. The Morgan fingerprint density at radius 1 is 0.964 bits per heavy atom. The number of carbonyl (C=O) groups is 1. The average Bonchev–Trinajstić information content (AvgIpc) is 3.06. The maximum Gasteiger partial charge on any atom is 0.241 e. The van der Waals surface area contributed by atoms with Crippen molar-refractivity contribution >= 4 is 33.9 Å². The molecule has 0 aliphatic rings. The minimum absolute atomic E-state index is 0.131. The summed E-state index contributed by atoms with van der Waals surface area (Å²) in [5, 5.41) is 6.46. The number of hydrazone groups is 1. The number of rotatable bonds is 6. The number of hydrogen-bond donors (Lipinski definition) is 1. The molecule has 0 radical (unpaired) electrons. The molecule has 5 nitrogen and oxygen atoms in total. The van der Waals surface area contributed by atoms with Crippen LogP contribution in [0, 0.1) is 0 Å². The van der Waals surface area contributed by atoms with Gasteiger partial charge in [0.2, 0.25) is 5.91 Å². The lowest BCUT2D eigenvalue weighted by molar-refractivity contribution is -0.121. The van der Waals surface area contributed by atoms with Crippen LogP contribution in [0.4, 0.5) is 0 Å². The zero-order valence-electron chi connectivity index (χ0n) is 15.6. The topological polar surface area (TPSA) is 55.6 Å². The molecule has 1 heterocycles. The molecule has 0 unspecified atom stereocenters. The highest BCUT2D eigenvalue weighted by molar-refractivity contribution is 6.08. The largest absolute Gasteiger partial charge is 0.496 e. The molecule has 1 amide bonds. The quantitative estimate of drug-likeness (QED) is 0.405. The van der Waals surface area contributed by atoms with Gasteiger partial charge in [-0.15, -0.1) is 0 Å². The van der Waals surface area contributed by atoms with Crippen LogP contribution in [0.1, 0.15) is 12.0 Å². The molecule has 0 spiro atoms. The molecule has 4 rings (SSSR count). The van der Waals surface area contributed by atoms with E-state index in [0.717, 1.165) is 16.6 Å². The second-order valence-corrected chi connectivity index (χ2v) is 6.47. The molecule has 0 aliphatic carbocycles. The third kappa shape index (κ3) is 3.47. The van der Waals surface area contributed by atoms with Gasteiger partial charge in [-0.2, -0.15) is 5.10 Å². The summed E-state index contributed by atoms with van der Waals surface area (Å²) in [6, 6.07) is 24.1. The van der Waals surface area contributed by atoms with Gasteiger partial charge in [0.1, 0.15) is 5.75 Å². The minimum Gasteiger partial charge on any atom is -0.496 e. The minimum atomic E-state index is -0.131. The number of hydrogen-bond acceptors (Lipinski definition) is 3. The summed E-state index contributed by atoms with van der Waals surface area (Å²) >= 11 is 0. The van der Waals surface area contributed by atoms with Gasteiger partial charge >= 0.3 is 0 Å². The maximum absolute atomic E-state index is 12.3. The summed E-state index contributed by atoms with van der Waals surface area (Å²) in [4.78, 5) is 12.3. The van der Waals surface area contributed by atoms with E-state index < -0.39 is 0 Å². The van der Waals surface area contributed by atoms with Crippen molar-refractivity contribution < 1.29 is 9.53 Å². The van der Waals surface area contributed by atoms with E-state index in [2.05, 4.69) is 39.4 Å². The Morgan fingerprint density at radius 3 is 2.25 bits per heavy atom. The Bertz CT molecular complexity index is 1110. The highest BCUT2D eigenvalue weighted by Crippen LogP contribution is 2.28. The van der Waals surface area contributed by atoms with Gasteiger partial charge in [0.25, 0.3) is 0 Å². The molecule has 4 aromatic rings. The van der Waals surface area contributed by atoms with Crippen molar-refractivity contribution in [3.63, 3.8) is 0 Å². The number of aromatic nitrogens is 1. The number of para-hydroxylation sites is 3. The lowest BCUT2D eigenvalue weighted by atomic mass is 10.2. The number of benzene rings is 3. The highest BCUT2D eigenvalue weighted by atomic mass is 16.5. The first-order chi connectivity index (χ1) is 13.8. The third-order valence-corrected chi connectivity index (χ3v) is 4.77. The molecular weight excluding hydrogens is 350 g/mol. The summed E-state index contributed by atoms with van der Waals surface area (Å²) in [7, 11) is 1.61. The number of aryl methyl sites for hydroxylation is 1. The van der Waals surface area contributed by atoms with Crippen molar-refractivity contribution in [2.75, 3.05) is 7.11 Å². The SMILES string of the molecule is COc1ccccc1/C=N\NC(=O)CCn1c2ccccc2c2ccccc21. The second kappa shape index (κ2) is 7.96. The van der Waals surface area contributed by atoms with E-state index in [0.29, 0.717) is 18.7 Å². The number of ether oxygens (including phenoxy) is 1. The Kier molecular flexibility index (Phi) is 5.06. The van der Waals surface area contributed by atoms with Crippen molar-refractivity contribution in [1.82, 2.24) is 9.99 Å². The van der Waals surface area contributed by atoms with E-state index in [1.54, 1.807) is 13.3 Å². The van der Waals surface area contributed by atoms with Gasteiger partial charge < -0.3 is 9.30 Å². The lowest BCUT2D eigenvalue weighted by Crippen LogP contribution is -2.19. The number of nitrogens with zero attached hydrogens (tertiary/aromatic N) is 2. The molecule has 140 valence electrons. The summed E-state index contributed by atoms with van der Waals surface area (Å²) < 4.78 is 7.46. The van der Waals surface area contributed by atoms with Crippen molar-refractivity contribution in [2.24, 2.45) is 5.10 Å². The molecule has 0 saturated carbocycles. The molecule has 0 atom stereocenters. The van der Waals surface area contributed by atoms with Crippen LogP contribution in [0.3, 0.4) is 0 Å². The van der Waals surface area contributed by atoms with Crippen LogP contribution < -0.4 is 10.2 Å². The molecule has 28 heavy (non-hydrogen) atoms. The summed E-state index contributed by atoms with van der Waals surface area (Å²) in [5.74, 6) is 0.582. The molecular formula is C23H21N3O2. The maximum atomic E-state index is 12.3. The van der Waals surface area contributed by atoms with Crippen molar-refractivity contribution in [2.45, 2.75) is 13.0 Å². The molecule has 0 fully saturated rings. The molecule has 0 aliphatic heterocycles. The van der Waals surface area contributed by atoms with Crippen molar-refractivity contribution in [3.8, 4) is 5.75 Å². The average molecular weight is 371 g/mol. The number of carbonyl (C=O) groups excluding carboxylic acids is 1. The van der Waals surface area contributed by atoms with E-state index in [-0.39, 0.29) is 5.91 Å². The Balaban J connectivity index is 1.47. The summed E-state index contributed by atoms with van der Waals surface area (Å²) in [6.07, 6.45) is 1.93. The summed E-state index contributed by atoms with van der Waals surface area (Å²) in [5.41, 5.74) is 5.68. The molecule has 0 bridgehead atoms. The second-order valence-electron chi connectivity index (χ2n) is 6.47. The molecule has 0 saturated heterocycles. The first-order valence-corrected chi connectivity index (χ1v) is 9.19. The van der Waals surface area contributed by atoms with E-state index in [4.69, 9.17) is 4.74 Å². The number of fused-ring (bicyclic) bond motifs is 3. The van der Waals surface area contributed by atoms with Crippen LogP contribution in [0.5, 0.6) is 5.75 Å². The van der Waals surface area contributed by atoms with Gasteiger partial charge in [-0.05, 0) is 24.3 Å².